The molecule has 0 saturated carbocycles. The van der Waals surface area contributed by atoms with E-state index in [-0.39, 0.29) is 11.3 Å². The molecule has 0 unspecified atom stereocenters. The third-order valence-electron chi connectivity index (χ3n) is 3.75. The number of phenolic OH excluding ortho intramolecular Hbond substituents is 1. The molecule has 25 heavy (non-hydrogen) atoms. The average Bonchev–Trinajstić information content (AvgIpc) is 2.61. The molecule has 3 aromatic rings. The number of carbonyl (C=O) groups is 2. The minimum atomic E-state index is -0.971. The van der Waals surface area contributed by atoms with Gasteiger partial charge in [-0.05, 0) is 48.0 Å². The van der Waals surface area contributed by atoms with E-state index in [1.165, 1.54) is 31.2 Å². The maximum atomic E-state index is 12.2. The zero-order valence-corrected chi connectivity index (χ0v) is 13.6. The standard InChI is InChI=1S/C20H17NO4/c1-13(25-20(24)16-7-4-8-18(22)12-16)19(23)21-17-10-9-14-5-2-3-6-15(14)11-17/h2-13,22H,1H3,(H,21,23)/t13-/m0/s1. The maximum absolute atomic E-state index is 12.2. The van der Waals surface area contributed by atoms with Crippen molar-refractivity contribution in [2.45, 2.75) is 13.0 Å². The first-order chi connectivity index (χ1) is 12.0. The molecule has 0 aliphatic heterocycles. The zero-order valence-electron chi connectivity index (χ0n) is 13.6. The van der Waals surface area contributed by atoms with Gasteiger partial charge in [-0.25, -0.2) is 4.79 Å². The first kappa shape index (κ1) is 16.5. The lowest BCUT2D eigenvalue weighted by molar-refractivity contribution is -0.123. The molecule has 3 aromatic carbocycles. The van der Waals surface area contributed by atoms with Gasteiger partial charge in [-0.3, -0.25) is 4.79 Å². The number of esters is 1. The predicted molar refractivity (Wildman–Crippen MR) is 95.6 cm³/mol. The van der Waals surface area contributed by atoms with Gasteiger partial charge in [-0.15, -0.1) is 0 Å². The Balaban J connectivity index is 1.66. The Morgan fingerprint density at radius 2 is 1.72 bits per heavy atom. The minimum Gasteiger partial charge on any atom is -0.508 e. The van der Waals surface area contributed by atoms with Crippen LogP contribution in [0.2, 0.25) is 0 Å². The second kappa shape index (κ2) is 7.05. The van der Waals surface area contributed by atoms with Crippen LogP contribution < -0.4 is 5.32 Å². The number of carbonyl (C=O) groups excluding carboxylic acids is 2. The fourth-order valence-corrected chi connectivity index (χ4v) is 2.43. The summed E-state index contributed by atoms with van der Waals surface area (Å²) in [7, 11) is 0. The summed E-state index contributed by atoms with van der Waals surface area (Å²) >= 11 is 0. The van der Waals surface area contributed by atoms with Crippen LogP contribution in [0.25, 0.3) is 10.8 Å². The van der Waals surface area contributed by atoms with Gasteiger partial charge in [-0.2, -0.15) is 0 Å². The van der Waals surface area contributed by atoms with E-state index in [4.69, 9.17) is 4.74 Å². The molecule has 5 heteroatoms. The van der Waals surface area contributed by atoms with Gasteiger partial charge >= 0.3 is 5.97 Å². The van der Waals surface area contributed by atoms with E-state index in [9.17, 15) is 14.7 Å². The highest BCUT2D eigenvalue weighted by atomic mass is 16.5. The molecular formula is C20H17NO4. The van der Waals surface area contributed by atoms with Gasteiger partial charge in [0.25, 0.3) is 5.91 Å². The van der Waals surface area contributed by atoms with E-state index in [2.05, 4.69) is 5.32 Å². The fourth-order valence-electron chi connectivity index (χ4n) is 2.43. The first-order valence-electron chi connectivity index (χ1n) is 7.82. The van der Waals surface area contributed by atoms with Crippen molar-refractivity contribution in [2.75, 3.05) is 5.32 Å². The van der Waals surface area contributed by atoms with Crippen LogP contribution in [0, 0.1) is 0 Å². The summed E-state index contributed by atoms with van der Waals surface area (Å²) < 4.78 is 5.15. The van der Waals surface area contributed by atoms with Crippen molar-refractivity contribution >= 4 is 28.3 Å². The molecule has 126 valence electrons. The molecule has 0 bridgehead atoms. The summed E-state index contributed by atoms with van der Waals surface area (Å²) in [4.78, 5) is 24.3. The number of phenols is 1. The van der Waals surface area contributed by atoms with E-state index in [0.29, 0.717) is 5.69 Å². The number of aromatic hydroxyl groups is 1. The van der Waals surface area contributed by atoms with E-state index < -0.39 is 18.0 Å². The van der Waals surface area contributed by atoms with Gasteiger partial charge in [0.2, 0.25) is 0 Å². The Kier molecular flexibility index (Phi) is 4.66. The quantitative estimate of drug-likeness (QED) is 0.712. The Morgan fingerprint density at radius 3 is 2.48 bits per heavy atom. The summed E-state index contributed by atoms with van der Waals surface area (Å²) in [5.74, 6) is -1.14. The Labute approximate surface area is 144 Å². The predicted octanol–water partition coefficient (Wildman–Crippen LogP) is 3.73. The summed E-state index contributed by atoms with van der Waals surface area (Å²) in [5, 5.41) is 14.2. The third kappa shape index (κ3) is 3.95. The number of anilines is 1. The molecule has 0 heterocycles. The van der Waals surface area contributed by atoms with E-state index in [1.807, 2.05) is 36.4 Å². The van der Waals surface area contributed by atoms with Crippen LogP contribution in [0.15, 0.2) is 66.7 Å². The number of rotatable bonds is 4. The maximum Gasteiger partial charge on any atom is 0.339 e. The number of ether oxygens (including phenoxy) is 1. The molecule has 1 amide bonds. The minimum absolute atomic E-state index is 0.0391. The highest BCUT2D eigenvalue weighted by Crippen LogP contribution is 2.19. The van der Waals surface area contributed by atoms with Crippen molar-refractivity contribution < 1.29 is 19.4 Å². The Morgan fingerprint density at radius 1 is 0.960 bits per heavy atom. The number of fused-ring (bicyclic) bond motifs is 1. The van der Waals surface area contributed by atoms with Crippen molar-refractivity contribution in [3.63, 3.8) is 0 Å². The number of hydrogen-bond donors (Lipinski definition) is 2. The van der Waals surface area contributed by atoms with Gasteiger partial charge in [0.15, 0.2) is 6.10 Å². The monoisotopic (exact) mass is 335 g/mol. The van der Waals surface area contributed by atoms with Crippen molar-refractivity contribution in [3.8, 4) is 5.75 Å². The molecule has 0 spiro atoms. The first-order valence-corrected chi connectivity index (χ1v) is 7.82. The van der Waals surface area contributed by atoms with Gasteiger partial charge in [0, 0.05) is 5.69 Å². The van der Waals surface area contributed by atoms with Crippen LogP contribution >= 0.6 is 0 Å². The van der Waals surface area contributed by atoms with Crippen LogP contribution in [0.3, 0.4) is 0 Å². The highest BCUT2D eigenvalue weighted by Gasteiger charge is 2.19. The molecule has 0 aliphatic rings. The molecule has 0 aliphatic carbocycles. The molecule has 0 radical (unpaired) electrons. The molecule has 0 aromatic heterocycles. The summed E-state index contributed by atoms with van der Waals surface area (Å²) in [6.45, 7) is 1.50. The lowest BCUT2D eigenvalue weighted by atomic mass is 10.1. The second-order valence-corrected chi connectivity index (χ2v) is 5.65. The molecule has 3 rings (SSSR count). The van der Waals surface area contributed by atoms with Crippen molar-refractivity contribution in [1.29, 1.82) is 0 Å². The van der Waals surface area contributed by atoms with Crippen LogP contribution in [0.4, 0.5) is 5.69 Å². The van der Waals surface area contributed by atoms with Gasteiger partial charge < -0.3 is 15.2 Å². The Hall–Kier alpha value is -3.34. The summed E-state index contributed by atoms with van der Waals surface area (Å²) in [6.07, 6.45) is -0.971. The van der Waals surface area contributed by atoms with Gasteiger partial charge in [0.05, 0.1) is 5.56 Å². The lowest BCUT2D eigenvalue weighted by Gasteiger charge is -2.14. The lowest BCUT2D eigenvalue weighted by Crippen LogP contribution is -2.30. The molecule has 2 N–H and O–H groups in total. The molecular weight excluding hydrogens is 318 g/mol. The van der Waals surface area contributed by atoms with Crippen LogP contribution in [-0.4, -0.2) is 23.1 Å². The van der Waals surface area contributed by atoms with E-state index >= 15 is 0 Å². The highest BCUT2D eigenvalue weighted by molar-refractivity contribution is 5.99. The molecule has 0 fully saturated rings. The summed E-state index contributed by atoms with van der Waals surface area (Å²) in [5.41, 5.74) is 0.814. The molecule has 0 saturated heterocycles. The SMILES string of the molecule is C[C@H](OC(=O)c1cccc(O)c1)C(=O)Nc1ccc2ccccc2c1. The van der Waals surface area contributed by atoms with Crippen molar-refractivity contribution in [2.24, 2.45) is 0 Å². The molecule has 1 atom stereocenters. The number of hydrogen-bond acceptors (Lipinski definition) is 4. The second-order valence-electron chi connectivity index (χ2n) is 5.65. The third-order valence-corrected chi connectivity index (χ3v) is 3.75. The zero-order chi connectivity index (χ0) is 17.8. The topological polar surface area (TPSA) is 75.6 Å². The molecule has 5 nitrogen and oxygen atoms in total. The number of amides is 1. The number of benzene rings is 3. The van der Waals surface area contributed by atoms with Gasteiger partial charge in [-0.1, -0.05) is 36.4 Å². The fraction of sp³-hybridized carbons (Fsp3) is 0.100. The average molecular weight is 335 g/mol. The summed E-state index contributed by atoms with van der Waals surface area (Å²) in [6, 6.07) is 19.2. The van der Waals surface area contributed by atoms with Crippen LogP contribution in [0.5, 0.6) is 5.75 Å². The van der Waals surface area contributed by atoms with E-state index in [0.717, 1.165) is 10.8 Å². The van der Waals surface area contributed by atoms with Crippen molar-refractivity contribution in [1.82, 2.24) is 0 Å². The Bertz CT molecular complexity index is 936. The van der Waals surface area contributed by atoms with Crippen molar-refractivity contribution in [3.05, 3.63) is 72.3 Å². The van der Waals surface area contributed by atoms with Gasteiger partial charge in [0.1, 0.15) is 5.75 Å². The van der Waals surface area contributed by atoms with Crippen LogP contribution in [-0.2, 0) is 9.53 Å². The smallest absolute Gasteiger partial charge is 0.339 e. The normalized spacial score (nSPS) is 11.7. The van der Waals surface area contributed by atoms with Crippen LogP contribution in [0.1, 0.15) is 17.3 Å². The van der Waals surface area contributed by atoms with E-state index in [1.54, 1.807) is 6.07 Å². The number of nitrogens with one attached hydrogen (secondary N) is 1. The largest absolute Gasteiger partial charge is 0.508 e.